The van der Waals surface area contributed by atoms with E-state index in [1.54, 1.807) is 13.8 Å². The summed E-state index contributed by atoms with van der Waals surface area (Å²) >= 11 is 3.44. The zero-order valence-corrected chi connectivity index (χ0v) is 15.1. The highest BCUT2D eigenvalue weighted by Crippen LogP contribution is 2.29. The van der Waals surface area contributed by atoms with Crippen LogP contribution in [0.15, 0.2) is 28.7 Å². The Morgan fingerprint density at radius 3 is 2.43 bits per heavy atom. The summed E-state index contributed by atoms with van der Waals surface area (Å²) in [5, 5.41) is -0.404. The van der Waals surface area contributed by atoms with Crippen molar-refractivity contribution in [3.8, 4) is 0 Å². The molecule has 1 aliphatic rings. The van der Waals surface area contributed by atoms with E-state index in [-0.39, 0.29) is 12.0 Å². The van der Waals surface area contributed by atoms with Gasteiger partial charge in [-0.15, -0.1) is 0 Å². The molecule has 0 spiro atoms. The standard InChI is InChI=1S/C15H23BrN2O2S/c1-4-18-9-14(12-5-7-13(16)8-6-12)15(10-18)17-21(19,20)11(2)3/h5-8,11,14-15,17H,4,9-10H2,1-3H3. The zero-order chi connectivity index (χ0) is 15.6. The highest BCUT2D eigenvalue weighted by atomic mass is 79.9. The van der Waals surface area contributed by atoms with Crippen molar-refractivity contribution in [2.45, 2.75) is 38.0 Å². The number of rotatable bonds is 5. The van der Waals surface area contributed by atoms with Crippen molar-refractivity contribution in [1.29, 1.82) is 0 Å². The molecule has 0 radical (unpaired) electrons. The Labute approximate surface area is 136 Å². The van der Waals surface area contributed by atoms with Gasteiger partial charge in [-0.05, 0) is 38.1 Å². The van der Waals surface area contributed by atoms with Gasteiger partial charge >= 0.3 is 0 Å². The second-order valence-corrected chi connectivity index (χ2v) is 9.01. The molecule has 0 bridgehead atoms. The van der Waals surface area contributed by atoms with Crippen LogP contribution in [0.25, 0.3) is 0 Å². The van der Waals surface area contributed by atoms with Crippen molar-refractivity contribution in [1.82, 2.24) is 9.62 Å². The Balaban J connectivity index is 2.22. The maximum atomic E-state index is 12.2. The van der Waals surface area contributed by atoms with Gasteiger partial charge in [0.05, 0.1) is 5.25 Å². The SMILES string of the molecule is CCN1CC(NS(=O)(=O)C(C)C)C(c2ccc(Br)cc2)C1. The molecule has 6 heteroatoms. The fourth-order valence-electron chi connectivity index (χ4n) is 2.66. The fourth-order valence-corrected chi connectivity index (χ4v) is 3.86. The minimum Gasteiger partial charge on any atom is -0.301 e. The Kier molecular flexibility index (Phi) is 5.46. The molecule has 0 aliphatic carbocycles. The third kappa shape index (κ3) is 4.06. The molecule has 118 valence electrons. The zero-order valence-electron chi connectivity index (χ0n) is 12.7. The lowest BCUT2D eigenvalue weighted by atomic mass is 9.95. The van der Waals surface area contributed by atoms with Gasteiger partial charge in [-0.2, -0.15) is 0 Å². The first-order chi connectivity index (χ1) is 9.83. The first kappa shape index (κ1) is 16.9. The van der Waals surface area contributed by atoms with E-state index >= 15 is 0 Å². The first-order valence-corrected chi connectivity index (χ1v) is 9.66. The number of hydrogen-bond donors (Lipinski definition) is 1. The van der Waals surface area contributed by atoms with Crippen LogP contribution in [0.5, 0.6) is 0 Å². The molecule has 1 N–H and O–H groups in total. The molecule has 1 aliphatic heterocycles. The highest BCUT2D eigenvalue weighted by Gasteiger charge is 2.36. The number of hydrogen-bond acceptors (Lipinski definition) is 3. The van der Waals surface area contributed by atoms with Crippen LogP contribution in [0.4, 0.5) is 0 Å². The molecular weight excluding hydrogens is 352 g/mol. The van der Waals surface area contributed by atoms with Gasteiger partial charge < -0.3 is 4.90 Å². The number of sulfonamides is 1. The van der Waals surface area contributed by atoms with Crippen molar-refractivity contribution in [3.63, 3.8) is 0 Å². The Bertz CT molecular complexity index is 572. The number of likely N-dealkylation sites (N-methyl/N-ethyl adjacent to an activating group) is 1. The van der Waals surface area contributed by atoms with Gasteiger partial charge in [-0.1, -0.05) is 35.0 Å². The summed E-state index contributed by atoms with van der Waals surface area (Å²) in [6, 6.07) is 8.11. The van der Waals surface area contributed by atoms with E-state index in [4.69, 9.17) is 0 Å². The normalized spacial score (nSPS) is 23.9. The molecule has 1 aromatic carbocycles. The molecule has 2 rings (SSSR count). The van der Waals surface area contributed by atoms with Crippen LogP contribution in [0.1, 0.15) is 32.3 Å². The van der Waals surface area contributed by atoms with Crippen LogP contribution in [0.2, 0.25) is 0 Å². The summed E-state index contributed by atoms with van der Waals surface area (Å²) in [7, 11) is -3.25. The minimum atomic E-state index is -3.25. The first-order valence-electron chi connectivity index (χ1n) is 7.32. The van der Waals surface area contributed by atoms with Crippen LogP contribution in [0.3, 0.4) is 0 Å². The number of nitrogens with zero attached hydrogens (tertiary/aromatic N) is 1. The van der Waals surface area contributed by atoms with Crippen LogP contribution < -0.4 is 4.72 Å². The summed E-state index contributed by atoms with van der Waals surface area (Å²) < 4.78 is 28.3. The molecule has 1 heterocycles. The van der Waals surface area contributed by atoms with E-state index in [1.165, 1.54) is 5.56 Å². The van der Waals surface area contributed by atoms with E-state index in [9.17, 15) is 8.42 Å². The topological polar surface area (TPSA) is 49.4 Å². The Morgan fingerprint density at radius 2 is 1.90 bits per heavy atom. The van der Waals surface area contributed by atoms with Crippen molar-refractivity contribution in [2.75, 3.05) is 19.6 Å². The predicted molar refractivity (Wildman–Crippen MR) is 90.0 cm³/mol. The van der Waals surface area contributed by atoms with E-state index in [0.29, 0.717) is 0 Å². The third-order valence-electron chi connectivity index (χ3n) is 4.08. The summed E-state index contributed by atoms with van der Waals surface area (Å²) in [4.78, 5) is 2.29. The van der Waals surface area contributed by atoms with Crippen LogP contribution in [-0.2, 0) is 10.0 Å². The summed E-state index contributed by atoms with van der Waals surface area (Å²) in [5.74, 6) is 0.201. The van der Waals surface area contributed by atoms with Gasteiger partial charge in [0.25, 0.3) is 0 Å². The average Bonchev–Trinajstić information content (AvgIpc) is 2.82. The molecule has 4 nitrogen and oxygen atoms in total. The number of likely N-dealkylation sites (tertiary alicyclic amines) is 1. The van der Waals surface area contributed by atoms with Gasteiger partial charge in [-0.25, -0.2) is 13.1 Å². The maximum Gasteiger partial charge on any atom is 0.214 e. The summed E-state index contributed by atoms with van der Waals surface area (Å²) in [6.07, 6.45) is 0. The molecule has 2 unspecified atom stereocenters. The predicted octanol–water partition coefficient (Wildman–Crippen LogP) is 2.56. The monoisotopic (exact) mass is 374 g/mol. The van der Waals surface area contributed by atoms with Gasteiger partial charge in [0.1, 0.15) is 0 Å². The van der Waals surface area contributed by atoms with E-state index in [1.807, 2.05) is 12.1 Å². The van der Waals surface area contributed by atoms with Gasteiger partial charge in [0, 0.05) is 29.5 Å². The van der Waals surface area contributed by atoms with Crippen molar-refractivity contribution in [3.05, 3.63) is 34.3 Å². The lowest BCUT2D eigenvalue weighted by Gasteiger charge is -2.21. The maximum absolute atomic E-state index is 12.2. The summed E-state index contributed by atoms with van der Waals surface area (Å²) in [5.41, 5.74) is 1.19. The molecule has 21 heavy (non-hydrogen) atoms. The van der Waals surface area contributed by atoms with Crippen molar-refractivity contribution >= 4 is 26.0 Å². The lowest BCUT2D eigenvalue weighted by Crippen LogP contribution is -2.42. The van der Waals surface area contributed by atoms with Crippen LogP contribution >= 0.6 is 15.9 Å². The van der Waals surface area contributed by atoms with E-state index in [2.05, 4.69) is 44.6 Å². The van der Waals surface area contributed by atoms with Crippen LogP contribution in [0, 0.1) is 0 Å². The molecule has 0 aromatic heterocycles. The highest BCUT2D eigenvalue weighted by molar-refractivity contribution is 9.10. The second-order valence-electron chi connectivity index (χ2n) is 5.83. The molecule has 2 atom stereocenters. The van der Waals surface area contributed by atoms with Gasteiger partial charge in [0.2, 0.25) is 10.0 Å². The fraction of sp³-hybridized carbons (Fsp3) is 0.600. The number of halogens is 1. The molecule has 0 saturated carbocycles. The van der Waals surface area contributed by atoms with E-state index < -0.39 is 15.3 Å². The average molecular weight is 375 g/mol. The largest absolute Gasteiger partial charge is 0.301 e. The van der Waals surface area contributed by atoms with Crippen LogP contribution in [-0.4, -0.2) is 44.2 Å². The molecule has 0 amide bonds. The molecular formula is C15H23BrN2O2S. The Hall–Kier alpha value is -0.430. The molecule has 1 aromatic rings. The lowest BCUT2D eigenvalue weighted by molar-refractivity contribution is 0.348. The number of nitrogens with one attached hydrogen (secondary N) is 1. The second kappa shape index (κ2) is 6.77. The van der Waals surface area contributed by atoms with Gasteiger partial charge in [0.15, 0.2) is 0 Å². The van der Waals surface area contributed by atoms with Crippen molar-refractivity contribution < 1.29 is 8.42 Å². The smallest absolute Gasteiger partial charge is 0.214 e. The van der Waals surface area contributed by atoms with Gasteiger partial charge in [-0.3, -0.25) is 0 Å². The number of benzene rings is 1. The molecule has 1 fully saturated rings. The Morgan fingerprint density at radius 1 is 1.29 bits per heavy atom. The quantitative estimate of drug-likeness (QED) is 0.861. The van der Waals surface area contributed by atoms with Crippen molar-refractivity contribution in [2.24, 2.45) is 0 Å². The summed E-state index contributed by atoms with van der Waals surface area (Å²) in [6.45, 7) is 8.13. The van der Waals surface area contributed by atoms with E-state index in [0.717, 1.165) is 24.1 Å². The molecule has 1 saturated heterocycles. The minimum absolute atomic E-state index is 0.0569. The third-order valence-corrected chi connectivity index (χ3v) is 6.48.